The molecule has 4 aromatic heterocycles. The molecule has 0 N–H and O–H groups in total. The highest BCUT2D eigenvalue weighted by atomic mass is 16.3. The Morgan fingerprint density at radius 3 is 1.74 bits per heavy atom. The van der Waals surface area contributed by atoms with Crippen molar-refractivity contribution in [3.63, 3.8) is 0 Å². The van der Waals surface area contributed by atoms with E-state index in [1.54, 1.807) is 0 Å². The summed E-state index contributed by atoms with van der Waals surface area (Å²) in [7, 11) is 0. The molecule has 0 radical (unpaired) electrons. The SMILES string of the molecule is C1=CCCC(c2nc(-c3ccccc3)nc(-c3cccc(-c4ccc5oc6cccc(-c7nc(-c8ccccc8)nc(-n8c9ccccc9c9cc(-c%10ccccc%10)ccc98)n7)c6c5c4)c3)n2)=C1. The van der Waals surface area contributed by atoms with Gasteiger partial charge in [-0.25, -0.2) is 19.9 Å². The minimum Gasteiger partial charge on any atom is -0.456 e. The molecule has 0 fully saturated rings. The Morgan fingerprint density at radius 2 is 0.956 bits per heavy atom. The second-order valence-electron chi connectivity index (χ2n) is 17.0. The minimum atomic E-state index is 0.531. The van der Waals surface area contributed by atoms with Crippen molar-refractivity contribution in [2.45, 2.75) is 12.8 Å². The summed E-state index contributed by atoms with van der Waals surface area (Å²) in [6.45, 7) is 0. The number of rotatable bonds is 8. The van der Waals surface area contributed by atoms with E-state index in [0.29, 0.717) is 35.1 Å². The van der Waals surface area contributed by atoms with Crippen LogP contribution in [0.25, 0.3) is 123 Å². The maximum absolute atomic E-state index is 6.59. The van der Waals surface area contributed by atoms with Gasteiger partial charge < -0.3 is 4.42 Å². The molecule has 68 heavy (non-hydrogen) atoms. The van der Waals surface area contributed by atoms with Gasteiger partial charge in [0.2, 0.25) is 5.95 Å². The van der Waals surface area contributed by atoms with E-state index in [2.05, 4.69) is 138 Å². The maximum Gasteiger partial charge on any atom is 0.238 e. The molecule has 0 atom stereocenters. The largest absolute Gasteiger partial charge is 0.456 e. The summed E-state index contributed by atoms with van der Waals surface area (Å²) in [5.41, 5.74) is 12.6. The number of benzene rings is 8. The van der Waals surface area contributed by atoms with Crippen molar-refractivity contribution < 1.29 is 4.42 Å². The third-order valence-electron chi connectivity index (χ3n) is 12.8. The lowest BCUT2D eigenvalue weighted by Crippen LogP contribution is -2.06. The van der Waals surface area contributed by atoms with Crippen molar-refractivity contribution in [3.05, 3.63) is 218 Å². The summed E-state index contributed by atoms with van der Waals surface area (Å²) < 4.78 is 8.76. The van der Waals surface area contributed by atoms with E-state index in [0.717, 1.165) is 107 Å². The first-order valence-electron chi connectivity index (χ1n) is 22.8. The number of furan rings is 1. The van der Waals surface area contributed by atoms with Crippen LogP contribution in [0.2, 0.25) is 0 Å². The molecule has 8 heteroatoms. The zero-order valence-electron chi connectivity index (χ0n) is 36.7. The van der Waals surface area contributed by atoms with E-state index in [1.807, 2.05) is 78.9 Å². The van der Waals surface area contributed by atoms with Crippen LogP contribution >= 0.6 is 0 Å². The Kier molecular flexibility index (Phi) is 9.45. The predicted molar refractivity (Wildman–Crippen MR) is 274 cm³/mol. The highest BCUT2D eigenvalue weighted by molar-refractivity contribution is 6.13. The first-order valence-corrected chi connectivity index (χ1v) is 22.8. The summed E-state index contributed by atoms with van der Waals surface area (Å²) in [4.78, 5) is 30.9. The molecule has 1 aliphatic carbocycles. The third-order valence-corrected chi connectivity index (χ3v) is 12.8. The van der Waals surface area contributed by atoms with E-state index < -0.39 is 0 Å². The topological polar surface area (TPSA) is 95.4 Å². The highest BCUT2D eigenvalue weighted by Gasteiger charge is 2.22. The Bertz CT molecular complexity index is 3970. The molecule has 13 rings (SSSR count). The predicted octanol–water partition coefficient (Wildman–Crippen LogP) is 14.8. The smallest absolute Gasteiger partial charge is 0.238 e. The Labute approximate surface area is 391 Å². The highest BCUT2D eigenvalue weighted by Crippen LogP contribution is 2.40. The van der Waals surface area contributed by atoms with Crippen molar-refractivity contribution in [2.24, 2.45) is 0 Å². The fourth-order valence-corrected chi connectivity index (χ4v) is 9.48. The second-order valence-corrected chi connectivity index (χ2v) is 17.0. The molecule has 320 valence electrons. The van der Waals surface area contributed by atoms with Gasteiger partial charge in [-0.3, -0.25) is 4.57 Å². The summed E-state index contributed by atoms with van der Waals surface area (Å²) >= 11 is 0. The van der Waals surface area contributed by atoms with E-state index >= 15 is 0 Å². The van der Waals surface area contributed by atoms with Gasteiger partial charge in [-0.15, -0.1) is 0 Å². The summed E-state index contributed by atoms with van der Waals surface area (Å²) in [5, 5.41) is 4.12. The van der Waals surface area contributed by atoms with Gasteiger partial charge in [-0.2, -0.15) is 9.97 Å². The zero-order chi connectivity index (χ0) is 45.0. The quantitative estimate of drug-likeness (QED) is 0.150. The van der Waals surface area contributed by atoms with Crippen LogP contribution in [0, 0.1) is 0 Å². The molecule has 1 aliphatic rings. The first kappa shape index (κ1) is 39.2. The molecule has 0 saturated carbocycles. The van der Waals surface area contributed by atoms with Crippen molar-refractivity contribution in [1.29, 1.82) is 0 Å². The van der Waals surface area contributed by atoms with Crippen molar-refractivity contribution in [3.8, 4) is 73.8 Å². The Hall–Kier alpha value is -9.14. The molecule has 8 nitrogen and oxygen atoms in total. The van der Waals surface area contributed by atoms with E-state index in [-0.39, 0.29) is 0 Å². The monoisotopic (exact) mass is 873 g/mol. The molecule has 0 unspecified atom stereocenters. The van der Waals surface area contributed by atoms with Crippen LogP contribution in [0.5, 0.6) is 0 Å². The summed E-state index contributed by atoms with van der Waals surface area (Å²) in [6, 6.07) is 66.7. The van der Waals surface area contributed by atoms with Crippen LogP contribution in [-0.2, 0) is 0 Å². The van der Waals surface area contributed by atoms with Gasteiger partial charge in [0.05, 0.1) is 11.0 Å². The van der Waals surface area contributed by atoms with E-state index in [4.69, 9.17) is 34.3 Å². The van der Waals surface area contributed by atoms with E-state index in [9.17, 15) is 0 Å². The number of para-hydroxylation sites is 1. The zero-order valence-corrected chi connectivity index (χ0v) is 36.7. The molecule has 0 bridgehead atoms. The lowest BCUT2D eigenvalue weighted by Gasteiger charge is -2.12. The van der Waals surface area contributed by atoms with Crippen LogP contribution in [0.3, 0.4) is 0 Å². The fourth-order valence-electron chi connectivity index (χ4n) is 9.48. The number of fused-ring (bicyclic) bond motifs is 6. The van der Waals surface area contributed by atoms with Crippen molar-refractivity contribution in [1.82, 2.24) is 34.5 Å². The molecule has 8 aromatic carbocycles. The number of aromatic nitrogens is 7. The Morgan fingerprint density at radius 1 is 0.382 bits per heavy atom. The minimum absolute atomic E-state index is 0.531. The van der Waals surface area contributed by atoms with Crippen LogP contribution < -0.4 is 0 Å². The average Bonchev–Trinajstić information content (AvgIpc) is 3.97. The van der Waals surface area contributed by atoms with Crippen LogP contribution in [0.15, 0.2) is 217 Å². The molecular formula is C60H39N7O. The van der Waals surface area contributed by atoms with Gasteiger partial charge in [-0.05, 0) is 83.1 Å². The van der Waals surface area contributed by atoms with Gasteiger partial charge in [0, 0.05) is 43.8 Å². The van der Waals surface area contributed by atoms with Gasteiger partial charge in [0.15, 0.2) is 29.1 Å². The normalized spacial score (nSPS) is 12.6. The molecule has 0 amide bonds. The lowest BCUT2D eigenvalue weighted by molar-refractivity contribution is 0.669. The van der Waals surface area contributed by atoms with Gasteiger partial charge >= 0.3 is 0 Å². The average molecular weight is 874 g/mol. The number of hydrogen-bond donors (Lipinski definition) is 0. The molecular weight excluding hydrogens is 835 g/mol. The van der Waals surface area contributed by atoms with Crippen molar-refractivity contribution >= 4 is 49.3 Å². The summed E-state index contributed by atoms with van der Waals surface area (Å²) in [6.07, 6.45) is 8.20. The molecule has 0 spiro atoms. The number of nitrogens with zero attached hydrogens (tertiary/aromatic N) is 7. The molecule has 12 aromatic rings. The number of hydrogen-bond acceptors (Lipinski definition) is 7. The van der Waals surface area contributed by atoms with Crippen LogP contribution in [0.4, 0.5) is 0 Å². The summed E-state index contributed by atoms with van der Waals surface area (Å²) in [5.74, 6) is 3.64. The van der Waals surface area contributed by atoms with Crippen molar-refractivity contribution in [2.75, 3.05) is 0 Å². The lowest BCUT2D eigenvalue weighted by atomic mass is 9.99. The fraction of sp³-hybridized carbons (Fsp3) is 0.0333. The Balaban J connectivity index is 0.961. The third kappa shape index (κ3) is 6.94. The van der Waals surface area contributed by atoms with E-state index in [1.165, 1.54) is 0 Å². The second kappa shape index (κ2) is 16.4. The van der Waals surface area contributed by atoms with Gasteiger partial charge in [0.1, 0.15) is 11.2 Å². The van der Waals surface area contributed by atoms with Crippen LogP contribution in [0.1, 0.15) is 18.7 Å². The van der Waals surface area contributed by atoms with Crippen LogP contribution in [-0.4, -0.2) is 34.5 Å². The maximum atomic E-state index is 6.59. The molecule has 0 aliphatic heterocycles. The van der Waals surface area contributed by atoms with Gasteiger partial charge in [0.25, 0.3) is 0 Å². The standard InChI is InChI=1S/C60H39N7O/c1-5-17-38(18-6-1)43-31-33-51-48(36-43)46-27-13-14-29-50(46)67(51)60-65-57(41-23-11-4-12-24-41)64-59(66-60)47-28-16-30-53-54(47)49-37-44(32-34-52(49)68-53)42-25-15-26-45(35-42)58-62-55(39-19-7-2-8-20-39)61-56(63-58)40-21-9-3-10-22-40/h1-9,11-21,23-37H,10,22H2. The molecule has 0 saturated heterocycles. The first-order chi connectivity index (χ1) is 33.7. The molecule has 4 heterocycles. The number of allylic oxidation sites excluding steroid dienone is 4. The van der Waals surface area contributed by atoms with Gasteiger partial charge in [-0.1, -0.05) is 170 Å².